The van der Waals surface area contributed by atoms with Gasteiger partial charge in [0, 0.05) is 19.5 Å². The van der Waals surface area contributed by atoms with Crippen LogP contribution < -0.4 is 10.6 Å². The highest BCUT2D eigenvalue weighted by Gasteiger charge is 2.19. The molecule has 1 fully saturated rings. The molecule has 2 heterocycles. The molecule has 5 nitrogen and oxygen atoms in total. The minimum Gasteiger partial charge on any atom is -0.319 e. The lowest BCUT2D eigenvalue weighted by molar-refractivity contribution is -0.116. The molecule has 114 valence electrons. The minimum absolute atomic E-state index is 0.00955. The van der Waals surface area contributed by atoms with Crippen molar-refractivity contribution in [1.29, 1.82) is 5.26 Å². The quantitative estimate of drug-likeness (QED) is 0.842. The lowest BCUT2D eigenvalue weighted by Gasteiger charge is -2.32. The molecular formula is C15H22N4OS. The third-order valence-electron chi connectivity index (χ3n) is 3.79. The largest absolute Gasteiger partial charge is 0.319 e. The molecule has 1 aliphatic heterocycles. The number of nitriles is 1. The number of likely N-dealkylation sites (tertiary alicyclic amines) is 1. The van der Waals surface area contributed by atoms with Crippen molar-refractivity contribution in [1.82, 2.24) is 10.2 Å². The Labute approximate surface area is 129 Å². The second-order valence-corrected chi connectivity index (χ2v) is 6.36. The van der Waals surface area contributed by atoms with Gasteiger partial charge in [0.25, 0.3) is 0 Å². The van der Waals surface area contributed by atoms with E-state index in [2.05, 4.69) is 21.6 Å². The van der Waals surface area contributed by atoms with Gasteiger partial charge in [0.05, 0.1) is 5.56 Å². The summed E-state index contributed by atoms with van der Waals surface area (Å²) >= 11 is 1.39. The predicted molar refractivity (Wildman–Crippen MR) is 85.4 cm³/mol. The van der Waals surface area contributed by atoms with Crippen molar-refractivity contribution in [3.8, 4) is 6.07 Å². The SMILES string of the molecule is CNCC1CCCN(CCC(=O)Nc2sccc2C#N)C1. The number of nitrogens with one attached hydrogen (secondary N) is 2. The Morgan fingerprint density at radius 3 is 3.24 bits per heavy atom. The van der Waals surface area contributed by atoms with Crippen molar-refractivity contribution in [2.24, 2.45) is 5.92 Å². The molecule has 1 aliphatic rings. The van der Waals surface area contributed by atoms with E-state index in [1.165, 1.54) is 24.2 Å². The fourth-order valence-electron chi connectivity index (χ4n) is 2.75. The Morgan fingerprint density at radius 1 is 1.62 bits per heavy atom. The highest BCUT2D eigenvalue weighted by atomic mass is 32.1. The lowest BCUT2D eigenvalue weighted by Crippen LogP contribution is -2.40. The minimum atomic E-state index is -0.00955. The molecule has 1 atom stereocenters. The van der Waals surface area contributed by atoms with Crippen molar-refractivity contribution in [2.75, 3.05) is 38.5 Å². The van der Waals surface area contributed by atoms with Crippen molar-refractivity contribution in [3.05, 3.63) is 17.0 Å². The molecule has 1 saturated heterocycles. The third-order valence-corrected chi connectivity index (χ3v) is 4.62. The number of carbonyl (C=O) groups is 1. The second-order valence-electron chi connectivity index (χ2n) is 5.44. The van der Waals surface area contributed by atoms with Crippen LogP contribution in [0.25, 0.3) is 0 Å². The number of nitrogens with zero attached hydrogens (tertiary/aromatic N) is 2. The number of piperidine rings is 1. The van der Waals surface area contributed by atoms with E-state index < -0.39 is 0 Å². The molecule has 0 bridgehead atoms. The summed E-state index contributed by atoms with van der Waals surface area (Å²) in [6.45, 7) is 3.98. The van der Waals surface area contributed by atoms with Gasteiger partial charge in [-0.05, 0) is 50.3 Å². The number of hydrogen-bond acceptors (Lipinski definition) is 5. The monoisotopic (exact) mass is 306 g/mol. The Balaban J connectivity index is 1.75. The van der Waals surface area contributed by atoms with E-state index in [-0.39, 0.29) is 5.91 Å². The van der Waals surface area contributed by atoms with Crippen molar-refractivity contribution in [3.63, 3.8) is 0 Å². The zero-order valence-corrected chi connectivity index (χ0v) is 13.2. The molecule has 0 aliphatic carbocycles. The summed E-state index contributed by atoms with van der Waals surface area (Å²) in [5.74, 6) is 0.680. The molecule has 0 saturated carbocycles. The molecule has 0 spiro atoms. The molecule has 1 amide bonds. The van der Waals surface area contributed by atoms with Gasteiger partial charge in [-0.15, -0.1) is 11.3 Å². The Kier molecular flexibility index (Phi) is 6.18. The third kappa shape index (κ3) is 4.81. The van der Waals surface area contributed by atoms with Crippen LogP contribution in [0.3, 0.4) is 0 Å². The first-order chi connectivity index (χ1) is 10.2. The van der Waals surface area contributed by atoms with Gasteiger partial charge in [0.1, 0.15) is 11.1 Å². The first-order valence-electron chi connectivity index (χ1n) is 7.37. The molecular weight excluding hydrogens is 284 g/mol. The van der Waals surface area contributed by atoms with Gasteiger partial charge < -0.3 is 15.5 Å². The van der Waals surface area contributed by atoms with E-state index >= 15 is 0 Å². The Hall–Kier alpha value is -1.42. The smallest absolute Gasteiger partial charge is 0.226 e. The number of amides is 1. The van der Waals surface area contributed by atoms with E-state index in [0.717, 1.165) is 26.2 Å². The molecule has 1 aromatic rings. The number of hydrogen-bond donors (Lipinski definition) is 2. The highest BCUT2D eigenvalue weighted by molar-refractivity contribution is 7.14. The van der Waals surface area contributed by atoms with Crippen LogP contribution in [0.5, 0.6) is 0 Å². The van der Waals surface area contributed by atoms with E-state index in [0.29, 0.717) is 22.9 Å². The van der Waals surface area contributed by atoms with Gasteiger partial charge in [-0.3, -0.25) is 4.79 Å². The van der Waals surface area contributed by atoms with Crippen molar-refractivity contribution in [2.45, 2.75) is 19.3 Å². The summed E-state index contributed by atoms with van der Waals surface area (Å²) in [5, 5.41) is 17.5. The van der Waals surface area contributed by atoms with Gasteiger partial charge in [-0.2, -0.15) is 5.26 Å². The van der Waals surface area contributed by atoms with Crippen LogP contribution in [0.4, 0.5) is 5.00 Å². The molecule has 6 heteroatoms. The topological polar surface area (TPSA) is 68.2 Å². The van der Waals surface area contributed by atoms with Crippen LogP contribution in [0.2, 0.25) is 0 Å². The molecule has 0 aromatic carbocycles. The fraction of sp³-hybridized carbons (Fsp3) is 0.600. The first-order valence-corrected chi connectivity index (χ1v) is 8.25. The maximum Gasteiger partial charge on any atom is 0.226 e. The summed E-state index contributed by atoms with van der Waals surface area (Å²) < 4.78 is 0. The molecule has 2 N–H and O–H groups in total. The molecule has 1 aromatic heterocycles. The summed E-state index contributed by atoms with van der Waals surface area (Å²) in [5.41, 5.74) is 0.542. The first kappa shape index (κ1) is 16.0. The Morgan fingerprint density at radius 2 is 2.48 bits per heavy atom. The summed E-state index contributed by atoms with van der Waals surface area (Å²) in [6, 6.07) is 3.81. The van der Waals surface area contributed by atoms with E-state index in [1.54, 1.807) is 6.07 Å². The van der Waals surface area contributed by atoms with E-state index in [9.17, 15) is 4.79 Å². The predicted octanol–water partition coefficient (Wildman–Crippen LogP) is 1.88. The van der Waals surface area contributed by atoms with Gasteiger partial charge in [0.15, 0.2) is 0 Å². The van der Waals surface area contributed by atoms with Crippen LogP contribution in [-0.4, -0.2) is 44.0 Å². The van der Waals surface area contributed by atoms with Crippen LogP contribution in [0, 0.1) is 17.2 Å². The zero-order valence-electron chi connectivity index (χ0n) is 12.4. The van der Waals surface area contributed by atoms with E-state index in [4.69, 9.17) is 5.26 Å². The maximum absolute atomic E-state index is 12.0. The number of carbonyl (C=O) groups excluding carboxylic acids is 1. The lowest BCUT2D eigenvalue weighted by atomic mass is 9.98. The molecule has 1 unspecified atom stereocenters. The van der Waals surface area contributed by atoms with Crippen molar-refractivity contribution >= 4 is 22.2 Å². The zero-order chi connectivity index (χ0) is 15.1. The van der Waals surface area contributed by atoms with Crippen molar-refractivity contribution < 1.29 is 4.79 Å². The van der Waals surface area contributed by atoms with Crippen LogP contribution in [-0.2, 0) is 4.79 Å². The summed E-state index contributed by atoms with van der Waals surface area (Å²) in [7, 11) is 1.99. The average Bonchev–Trinajstić information content (AvgIpc) is 2.93. The average molecular weight is 306 g/mol. The van der Waals surface area contributed by atoms with Gasteiger partial charge in [-0.25, -0.2) is 0 Å². The van der Waals surface area contributed by atoms with Gasteiger partial charge >= 0.3 is 0 Å². The van der Waals surface area contributed by atoms with Crippen LogP contribution in [0.1, 0.15) is 24.8 Å². The van der Waals surface area contributed by atoms with E-state index in [1.807, 2.05) is 12.4 Å². The van der Waals surface area contributed by atoms with Crippen LogP contribution in [0.15, 0.2) is 11.4 Å². The second kappa shape index (κ2) is 8.13. The number of rotatable bonds is 6. The fourth-order valence-corrected chi connectivity index (χ4v) is 3.51. The molecule has 2 rings (SSSR count). The summed E-state index contributed by atoms with van der Waals surface area (Å²) in [6.07, 6.45) is 2.96. The van der Waals surface area contributed by atoms with Gasteiger partial charge in [-0.1, -0.05) is 0 Å². The highest BCUT2D eigenvalue weighted by Crippen LogP contribution is 2.22. The maximum atomic E-state index is 12.0. The molecule has 21 heavy (non-hydrogen) atoms. The number of anilines is 1. The molecule has 0 radical (unpaired) electrons. The standard InChI is InChI=1S/C15H22N4OS/c1-17-10-12-3-2-6-19(11-12)7-4-14(20)18-15-13(9-16)5-8-21-15/h5,8,12,17H,2-4,6-7,10-11H2,1H3,(H,18,20). The Bertz CT molecular complexity index is 506. The van der Waals surface area contributed by atoms with Crippen LogP contribution >= 0.6 is 11.3 Å². The van der Waals surface area contributed by atoms with Gasteiger partial charge in [0.2, 0.25) is 5.91 Å². The normalized spacial score (nSPS) is 19.1. The summed E-state index contributed by atoms with van der Waals surface area (Å²) in [4.78, 5) is 14.3. The number of thiophene rings is 1.